The van der Waals surface area contributed by atoms with Gasteiger partial charge in [-0.1, -0.05) is 30.3 Å². The number of nitrogens with one attached hydrogen (secondary N) is 1. The number of rotatable bonds is 3. The summed E-state index contributed by atoms with van der Waals surface area (Å²) in [4.78, 5) is 26.1. The summed E-state index contributed by atoms with van der Waals surface area (Å²) < 4.78 is 4.81. The van der Waals surface area contributed by atoms with E-state index in [4.69, 9.17) is 4.74 Å². The van der Waals surface area contributed by atoms with Gasteiger partial charge in [0.15, 0.2) is 0 Å². The molecule has 2 amide bonds. The van der Waals surface area contributed by atoms with Crippen molar-refractivity contribution in [1.82, 2.24) is 10.2 Å². The van der Waals surface area contributed by atoms with E-state index in [0.29, 0.717) is 13.0 Å². The molecule has 1 unspecified atom stereocenters. The van der Waals surface area contributed by atoms with Crippen LogP contribution >= 0.6 is 0 Å². The normalized spacial score (nSPS) is 22.8. The molecule has 1 saturated carbocycles. The number of carbonyl (C=O) groups excluding carboxylic acids is 2. The fourth-order valence-corrected chi connectivity index (χ4v) is 3.23. The molecule has 1 aromatic carbocycles. The predicted molar refractivity (Wildman–Crippen MR) is 82.2 cm³/mol. The predicted octanol–water partition coefficient (Wildman–Crippen LogP) is 2.41. The summed E-state index contributed by atoms with van der Waals surface area (Å²) >= 11 is 0. The van der Waals surface area contributed by atoms with Crippen molar-refractivity contribution in [1.29, 1.82) is 0 Å². The topological polar surface area (TPSA) is 58.6 Å². The van der Waals surface area contributed by atoms with Gasteiger partial charge in [-0.3, -0.25) is 9.69 Å². The molecule has 1 aliphatic carbocycles. The molecule has 5 nitrogen and oxygen atoms in total. The molecular weight excluding hydrogens is 280 g/mol. The molecule has 1 aromatic rings. The van der Waals surface area contributed by atoms with Gasteiger partial charge in [0.25, 0.3) is 0 Å². The lowest BCUT2D eigenvalue weighted by Gasteiger charge is -2.34. The van der Waals surface area contributed by atoms with E-state index in [9.17, 15) is 9.59 Å². The van der Waals surface area contributed by atoms with Crippen LogP contribution in [0.4, 0.5) is 4.79 Å². The third kappa shape index (κ3) is 2.80. The first-order valence-electron chi connectivity index (χ1n) is 7.88. The number of benzene rings is 1. The van der Waals surface area contributed by atoms with Crippen molar-refractivity contribution in [3.8, 4) is 0 Å². The molecule has 1 N–H and O–H groups in total. The molecule has 0 spiro atoms. The van der Waals surface area contributed by atoms with Crippen LogP contribution in [0.1, 0.15) is 37.7 Å². The summed E-state index contributed by atoms with van der Waals surface area (Å²) in [5, 5.41) is 3.17. The number of hydrogen-bond donors (Lipinski definition) is 1. The summed E-state index contributed by atoms with van der Waals surface area (Å²) in [5.74, 6) is -0.0635. The molecule has 0 radical (unpaired) electrons. The highest BCUT2D eigenvalue weighted by molar-refractivity contribution is 5.86. The Morgan fingerprint density at radius 2 is 1.95 bits per heavy atom. The molecular formula is C17H22N2O3. The van der Waals surface area contributed by atoms with Crippen LogP contribution in [0.25, 0.3) is 0 Å². The average molecular weight is 302 g/mol. The molecule has 1 aliphatic heterocycles. The van der Waals surface area contributed by atoms with E-state index >= 15 is 0 Å². The van der Waals surface area contributed by atoms with Gasteiger partial charge < -0.3 is 10.1 Å². The average Bonchev–Trinajstić information content (AvgIpc) is 3.35. The van der Waals surface area contributed by atoms with Crippen LogP contribution in [-0.2, 0) is 15.1 Å². The van der Waals surface area contributed by atoms with E-state index in [2.05, 4.69) is 5.32 Å². The summed E-state index contributed by atoms with van der Waals surface area (Å²) in [6.45, 7) is 0.586. The Balaban J connectivity index is 1.72. The number of methoxy groups -OCH3 is 1. The minimum Gasteiger partial charge on any atom is -0.453 e. The second kappa shape index (κ2) is 5.99. The van der Waals surface area contributed by atoms with Gasteiger partial charge in [-0.2, -0.15) is 0 Å². The van der Waals surface area contributed by atoms with E-state index in [1.807, 2.05) is 30.3 Å². The van der Waals surface area contributed by atoms with Gasteiger partial charge in [0, 0.05) is 6.54 Å². The van der Waals surface area contributed by atoms with Crippen molar-refractivity contribution in [2.75, 3.05) is 13.7 Å². The quantitative estimate of drug-likeness (QED) is 0.933. The highest BCUT2D eigenvalue weighted by atomic mass is 16.5. The van der Waals surface area contributed by atoms with Gasteiger partial charge >= 0.3 is 6.09 Å². The number of amides is 2. The molecule has 2 fully saturated rings. The second-order valence-electron chi connectivity index (χ2n) is 6.11. The van der Waals surface area contributed by atoms with Gasteiger partial charge in [0.1, 0.15) is 6.04 Å². The molecule has 5 heteroatoms. The van der Waals surface area contributed by atoms with Gasteiger partial charge in [-0.05, 0) is 37.7 Å². The Bertz CT molecular complexity index is 554. The van der Waals surface area contributed by atoms with Gasteiger partial charge in [-0.25, -0.2) is 4.79 Å². The summed E-state index contributed by atoms with van der Waals surface area (Å²) in [6.07, 6.45) is 4.07. The summed E-state index contributed by atoms with van der Waals surface area (Å²) in [7, 11) is 1.36. The Hall–Kier alpha value is -2.04. The molecule has 0 bridgehead atoms. The number of likely N-dealkylation sites (tertiary alicyclic amines) is 1. The standard InChI is InChI=1S/C17H22N2O3/c1-22-16(21)19-12-6-5-9-14(19)15(20)18-17(10-11-17)13-7-3-2-4-8-13/h2-4,7-8,14H,5-6,9-12H2,1H3,(H,18,20). The maximum Gasteiger partial charge on any atom is 0.410 e. The Labute approximate surface area is 130 Å². The largest absolute Gasteiger partial charge is 0.453 e. The first kappa shape index (κ1) is 14.9. The van der Waals surface area contributed by atoms with E-state index < -0.39 is 12.1 Å². The molecule has 1 atom stereocenters. The lowest BCUT2D eigenvalue weighted by molar-refractivity contribution is -0.128. The van der Waals surface area contributed by atoms with E-state index in [-0.39, 0.29) is 11.4 Å². The smallest absolute Gasteiger partial charge is 0.410 e. The monoisotopic (exact) mass is 302 g/mol. The van der Waals surface area contributed by atoms with Crippen molar-refractivity contribution >= 4 is 12.0 Å². The van der Waals surface area contributed by atoms with Crippen molar-refractivity contribution in [3.05, 3.63) is 35.9 Å². The number of ether oxygens (including phenoxy) is 1. The van der Waals surface area contributed by atoms with Crippen LogP contribution in [0, 0.1) is 0 Å². The SMILES string of the molecule is COC(=O)N1CCCCC1C(=O)NC1(c2ccccc2)CC1. The molecule has 1 heterocycles. The fourth-order valence-electron chi connectivity index (χ4n) is 3.23. The zero-order valence-corrected chi connectivity index (χ0v) is 12.9. The third-order valence-corrected chi connectivity index (χ3v) is 4.65. The second-order valence-corrected chi connectivity index (χ2v) is 6.11. The van der Waals surface area contributed by atoms with E-state index in [1.54, 1.807) is 4.90 Å². The fraction of sp³-hybridized carbons (Fsp3) is 0.529. The number of carbonyl (C=O) groups is 2. The maximum absolute atomic E-state index is 12.7. The van der Waals surface area contributed by atoms with E-state index in [1.165, 1.54) is 7.11 Å². The molecule has 0 aromatic heterocycles. The molecule has 1 saturated heterocycles. The van der Waals surface area contributed by atoms with Crippen LogP contribution in [0.5, 0.6) is 0 Å². The van der Waals surface area contributed by atoms with Gasteiger partial charge in [0.05, 0.1) is 12.6 Å². The summed E-state index contributed by atoms with van der Waals surface area (Å²) in [5.41, 5.74) is 0.904. The summed E-state index contributed by atoms with van der Waals surface area (Å²) in [6, 6.07) is 9.63. The number of nitrogens with zero attached hydrogens (tertiary/aromatic N) is 1. The minimum atomic E-state index is -0.414. The van der Waals surface area contributed by atoms with Crippen molar-refractivity contribution < 1.29 is 14.3 Å². The van der Waals surface area contributed by atoms with Crippen molar-refractivity contribution in [3.63, 3.8) is 0 Å². The lowest BCUT2D eigenvalue weighted by atomic mass is 10.00. The molecule has 3 rings (SSSR count). The van der Waals surface area contributed by atoms with Crippen molar-refractivity contribution in [2.45, 2.75) is 43.7 Å². The zero-order chi connectivity index (χ0) is 15.6. The lowest BCUT2D eigenvalue weighted by Crippen LogP contribution is -2.53. The number of piperidine rings is 1. The van der Waals surface area contributed by atoms with Crippen LogP contribution in [0.15, 0.2) is 30.3 Å². The minimum absolute atomic E-state index is 0.0635. The Kier molecular flexibility index (Phi) is 4.05. The maximum atomic E-state index is 12.7. The van der Waals surface area contributed by atoms with Crippen LogP contribution in [0.2, 0.25) is 0 Å². The van der Waals surface area contributed by atoms with Crippen LogP contribution in [0.3, 0.4) is 0 Å². The van der Waals surface area contributed by atoms with Gasteiger partial charge in [-0.15, -0.1) is 0 Å². The van der Waals surface area contributed by atoms with Crippen molar-refractivity contribution in [2.24, 2.45) is 0 Å². The van der Waals surface area contributed by atoms with Crippen LogP contribution < -0.4 is 5.32 Å². The molecule has 118 valence electrons. The number of hydrogen-bond acceptors (Lipinski definition) is 3. The van der Waals surface area contributed by atoms with Gasteiger partial charge in [0.2, 0.25) is 5.91 Å². The van der Waals surface area contributed by atoms with E-state index in [0.717, 1.165) is 31.2 Å². The van der Waals surface area contributed by atoms with Crippen LogP contribution in [-0.4, -0.2) is 36.6 Å². The Morgan fingerprint density at radius 3 is 2.59 bits per heavy atom. The molecule has 2 aliphatic rings. The highest BCUT2D eigenvalue weighted by Gasteiger charge is 2.47. The Morgan fingerprint density at radius 1 is 1.23 bits per heavy atom. The zero-order valence-electron chi connectivity index (χ0n) is 12.9. The third-order valence-electron chi connectivity index (χ3n) is 4.65. The first-order valence-corrected chi connectivity index (χ1v) is 7.88. The first-order chi connectivity index (χ1) is 10.7. The molecule has 22 heavy (non-hydrogen) atoms. The highest BCUT2D eigenvalue weighted by Crippen LogP contribution is 2.45.